The van der Waals surface area contributed by atoms with Crippen molar-refractivity contribution in [3.63, 3.8) is 0 Å². The number of ether oxygens (including phenoxy) is 1. The molecule has 0 aliphatic carbocycles. The van der Waals surface area contributed by atoms with Gasteiger partial charge in [-0.05, 0) is 24.3 Å². The van der Waals surface area contributed by atoms with Gasteiger partial charge in [-0.15, -0.1) is 0 Å². The van der Waals surface area contributed by atoms with Gasteiger partial charge in [0.25, 0.3) is 0 Å². The molecule has 2 aromatic carbocycles. The number of hydrogen-bond donors (Lipinski definition) is 2. The van der Waals surface area contributed by atoms with Crippen molar-refractivity contribution in [2.45, 2.75) is 0 Å². The Hall–Kier alpha value is -2.69. The summed E-state index contributed by atoms with van der Waals surface area (Å²) >= 11 is 0. The predicted molar refractivity (Wildman–Crippen MR) is 72.1 cm³/mol. The molecule has 3 rings (SSSR count). The van der Waals surface area contributed by atoms with Gasteiger partial charge in [0, 0.05) is 12.1 Å². The molecular weight excluding hydrogens is 244 g/mol. The van der Waals surface area contributed by atoms with E-state index in [9.17, 15) is 9.90 Å². The molecule has 19 heavy (non-hydrogen) atoms. The van der Waals surface area contributed by atoms with E-state index in [0.29, 0.717) is 17.0 Å². The van der Waals surface area contributed by atoms with Crippen LogP contribution in [0.5, 0.6) is 11.5 Å². The molecule has 1 heterocycles. The lowest BCUT2D eigenvalue weighted by atomic mass is 10.2. The third kappa shape index (κ3) is 1.85. The first-order valence-corrected chi connectivity index (χ1v) is 5.77. The molecule has 0 aliphatic rings. The summed E-state index contributed by atoms with van der Waals surface area (Å²) in [5.74, 6) is 0.795. The summed E-state index contributed by atoms with van der Waals surface area (Å²) in [6.45, 7) is 0. The Kier molecular flexibility index (Phi) is 2.52. The number of phenolic OH excluding ortho intramolecular Hbond substituents is 1. The Morgan fingerprint density at radius 2 is 2.05 bits per heavy atom. The van der Waals surface area contributed by atoms with Crippen LogP contribution in [0.15, 0.2) is 47.3 Å². The molecule has 0 spiro atoms. The third-order valence-electron chi connectivity index (χ3n) is 2.98. The molecule has 1 aromatic heterocycles. The van der Waals surface area contributed by atoms with Crippen LogP contribution in [0, 0.1) is 0 Å². The van der Waals surface area contributed by atoms with Gasteiger partial charge in [0.05, 0.1) is 23.8 Å². The molecule has 0 saturated heterocycles. The van der Waals surface area contributed by atoms with E-state index in [2.05, 4.69) is 4.98 Å². The number of imidazole rings is 1. The molecule has 0 amide bonds. The fourth-order valence-corrected chi connectivity index (χ4v) is 2.11. The molecule has 0 aliphatic heterocycles. The number of nitrogens with zero attached hydrogens (tertiary/aromatic N) is 1. The SMILES string of the molecule is COc1ccc2c(c1)[nH]c(=O)n2-c1cccc(O)c1. The Morgan fingerprint density at radius 1 is 1.21 bits per heavy atom. The van der Waals surface area contributed by atoms with E-state index >= 15 is 0 Å². The lowest BCUT2D eigenvalue weighted by molar-refractivity contribution is 0.415. The van der Waals surface area contributed by atoms with Crippen molar-refractivity contribution < 1.29 is 9.84 Å². The topological polar surface area (TPSA) is 67.2 Å². The van der Waals surface area contributed by atoms with Crippen molar-refractivity contribution in [3.8, 4) is 17.2 Å². The van der Waals surface area contributed by atoms with E-state index in [1.54, 1.807) is 49.6 Å². The van der Waals surface area contributed by atoms with Crippen LogP contribution in [0.4, 0.5) is 0 Å². The van der Waals surface area contributed by atoms with Gasteiger partial charge < -0.3 is 14.8 Å². The van der Waals surface area contributed by atoms with Crippen molar-refractivity contribution in [1.29, 1.82) is 0 Å². The maximum atomic E-state index is 12.0. The number of aromatic amines is 1. The first-order chi connectivity index (χ1) is 9.19. The number of nitrogens with one attached hydrogen (secondary N) is 1. The van der Waals surface area contributed by atoms with E-state index in [1.165, 1.54) is 4.57 Å². The van der Waals surface area contributed by atoms with Gasteiger partial charge in [0.1, 0.15) is 11.5 Å². The summed E-state index contributed by atoms with van der Waals surface area (Å²) in [5, 5.41) is 9.51. The summed E-state index contributed by atoms with van der Waals surface area (Å²) < 4.78 is 6.63. The predicted octanol–water partition coefficient (Wildman–Crippen LogP) is 2.03. The maximum absolute atomic E-state index is 12.0. The van der Waals surface area contributed by atoms with Gasteiger partial charge >= 0.3 is 5.69 Å². The van der Waals surface area contributed by atoms with Crippen LogP contribution in [-0.4, -0.2) is 21.8 Å². The largest absolute Gasteiger partial charge is 0.508 e. The molecule has 0 radical (unpaired) electrons. The Morgan fingerprint density at radius 3 is 2.79 bits per heavy atom. The smallest absolute Gasteiger partial charge is 0.331 e. The zero-order valence-electron chi connectivity index (χ0n) is 10.3. The maximum Gasteiger partial charge on any atom is 0.331 e. The van der Waals surface area contributed by atoms with E-state index in [-0.39, 0.29) is 11.4 Å². The zero-order valence-corrected chi connectivity index (χ0v) is 10.3. The quantitative estimate of drug-likeness (QED) is 0.737. The van der Waals surface area contributed by atoms with E-state index in [1.807, 2.05) is 0 Å². The Labute approximate surface area is 108 Å². The lowest BCUT2D eigenvalue weighted by Gasteiger charge is -2.04. The molecule has 0 fully saturated rings. The van der Waals surface area contributed by atoms with E-state index in [4.69, 9.17) is 4.74 Å². The number of aromatic nitrogens is 2. The molecule has 0 saturated carbocycles. The molecule has 0 unspecified atom stereocenters. The number of benzene rings is 2. The highest BCUT2D eigenvalue weighted by Gasteiger charge is 2.09. The van der Waals surface area contributed by atoms with Gasteiger partial charge in [0.15, 0.2) is 0 Å². The highest BCUT2D eigenvalue weighted by molar-refractivity contribution is 5.79. The third-order valence-corrected chi connectivity index (χ3v) is 2.98. The second-order valence-corrected chi connectivity index (χ2v) is 4.17. The first-order valence-electron chi connectivity index (χ1n) is 5.77. The molecule has 5 heteroatoms. The number of aromatic hydroxyl groups is 1. The van der Waals surface area contributed by atoms with Crippen LogP contribution in [0.1, 0.15) is 0 Å². The van der Waals surface area contributed by atoms with E-state index in [0.717, 1.165) is 5.52 Å². The highest BCUT2D eigenvalue weighted by Crippen LogP contribution is 2.22. The first kappa shape index (κ1) is 11.4. The van der Waals surface area contributed by atoms with Gasteiger partial charge in [-0.1, -0.05) is 6.07 Å². The summed E-state index contributed by atoms with van der Waals surface area (Å²) in [6.07, 6.45) is 0. The summed E-state index contributed by atoms with van der Waals surface area (Å²) in [7, 11) is 1.57. The molecule has 0 atom stereocenters. The molecular formula is C14H12N2O3. The number of methoxy groups -OCH3 is 1. The lowest BCUT2D eigenvalue weighted by Crippen LogP contribution is -2.14. The Bertz CT molecular complexity index is 802. The van der Waals surface area contributed by atoms with Crippen molar-refractivity contribution in [1.82, 2.24) is 9.55 Å². The van der Waals surface area contributed by atoms with Crippen molar-refractivity contribution >= 4 is 11.0 Å². The van der Waals surface area contributed by atoms with Crippen molar-refractivity contribution in [2.75, 3.05) is 7.11 Å². The average molecular weight is 256 g/mol. The fourth-order valence-electron chi connectivity index (χ4n) is 2.11. The number of rotatable bonds is 2. The van der Waals surface area contributed by atoms with Gasteiger partial charge in [-0.25, -0.2) is 4.79 Å². The molecule has 3 aromatic rings. The highest BCUT2D eigenvalue weighted by atomic mass is 16.5. The zero-order chi connectivity index (χ0) is 13.4. The van der Waals surface area contributed by atoms with Crippen molar-refractivity contribution in [2.24, 2.45) is 0 Å². The summed E-state index contributed by atoms with van der Waals surface area (Å²) in [4.78, 5) is 14.8. The number of fused-ring (bicyclic) bond motifs is 1. The van der Waals surface area contributed by atoms with Crippen molar-refractivity contribution in [3.05, 3.63) is 52.9 Å². The van der Waals surface area contributed by atoms with Crippen LogP contribution in [0.2, 0.25) is 0 Å². The number of phenols is 1. The minimum atomic E-state index is -0.256. The van der Waals surface area contributed by atoms with Crippen LogP contribution in [-0.2, 0) is 0 Å². The van der Waals surface area contributed by atoms with Crippen LogP contribution >= 0.6 is 0 Å². The van der Waals surface area contributed by atoms with Gasteiger partial charge in [-0.3, -0.25) is 4.57 Å². The standard InChI is InChI=1S/C14H12N2O3/c1-19-11-5-6-13-12(8-11)15-14(18)16(13)9-3-2-4-10(17)7-9/h2-8,17H,1H3,(H,15,18). The fraction of sp³-hybridized carbons (Fsp3) is 0.0714. The Balaban J connectivity index is 2.29. The monoisotopic (exact) mass is 256 g/mol. The average Bonchev–Trinajstić information content (AvgIpc) is 2.73. The molecule has 2 N–H and O–H groups in total. The number of H-pyrrole nitrogens is 1. The molecule has 5 nitrogen and oxygen atoms in total. The molecule has 0 bridgehead atoms. The molecule has 96 valence electrons. The van der Waals surface area contributed by atoms with Crippen LogP contribution in [0.3, 0.4) is 0 Å². The van der Waals surface area contributed by atoms with E-state index < -0.39 is 0 Å². The van der Waals surface area contributed by atoms with Crippen LogP contribution in [0.25, 0.3) is 16.7 Å². The minimum Gasteiger partial charge on any atom is -0.508 e. The summed E-state index contributed by atoms with van der Waals surface area (Å²) in [6, 6.07) is 11.9. The van der Waals surface area contributed by atoms with Crippen LogP contribution < -0.4 is 10.4 Å². The number of hydrogen-bond acceptors (Lipinski definition) is 3. The normalized spacial score (nSPS) is 10.8. The second-order valence-electron chi connectivity index (χ2n) is 4.17. The van der Waals surface area contributed by atoms with Gasteiger partial charge in [0.2, 0.25) is 0 Å². The summed E-state index contributed by atoms with van der Waals surface area (Å²) in [5.41, 5.74) is 1.78. The van der Waals surface area contributed by atoms with Gasteiger partial charge in [-0.2, -0.15) is 0 Å². The second kappa shape index (κ2) is 4.20. The minimum absolute atomic E-state index is 0.118.